The lowest BCUT2D eigenvalue weighted by molar-refractivity contribution is 0.102. The molecule has 6 heteroatoms. The second-order valence-corrected chi connectivity index (χ2v) is 6.07. The van der Waals surface area contributed by atoms with Crippen LogP contribution in [0.25, 0.3) is 0 Å². The molecule has 0 aliphatic rings. The lowest BCUT2D eigenvalue weighted by atomic mass is 10.1. The molecule has 0 N–H and O–H groups in total. The second-order valence-electron chi connectivity index (χ2n) is 3.89. The lowest BCUT2D eigenvalue weighted by Crippen LogP contribution is -2.19. The summed E-state index contributed by atoms with van der Waals surface area (Å²) in [6, 6.07) is 5.41. The summed E-state index contributed by atoms with van der Waals surface area (Å²) in [7, 11) is -3.58. The molecule has 0 bridgehead atoms. The summed E-state index contributed by atoms with van der Waals surface area (Å²) in [6.45, 7) is 1.50. The van der Waals surface area contributed by atoms with E-state index in [4.69, 9.17) is 5.26 Å². The highest BCUT2D eigenvalue weighted by molar-refractivity contribution is 7.92. The van der Waals surface area contributed by atoms with Gasteiger partial charge < -0.3 is 0 Å². The molecular formula is C12H12FNO3S. The molecule has 0 aromatic heterocycles. The Morgan fingerprint density at radius 3 is 2.67 bits per heavy atom. The molecule has 0 aliphatic heterocycles. The third-order valence-electron chi connectivity index (χ3n) is 2.36. The summed E-state index contributed by atoms with van der Waals surface area (Å²) < 4.78 is 36.0. The molecule has 0 saturated carbocycles. The van der Waals surface area contributed by atoms with Gasteiger partial charge in [-0.1, -0.05) is 0 Å². The van der Waals surface area contributed by atoms with Gasteiger partial charge in [0.25, 0.3) is 0 Å². The third kappa shape index (κ3) is 3.93. The average Bonchev–Trinajstić information content (AvgIpc) is 2.29. The third-order valence-corrected chi connectivity index (χ3v) is 3.88. The van der Waals surface area contributed by atoms with Crippen molar-refractivity contribution in [2.75, 3.05) is 11.5 Å². The van der Waals surface area contributed by atoms with Gasteiger partial charge in [0.1, 0.15) is 11.6 Å². The van der Waals surface area contributed by atoms with E-state index in [1.165, 1.54) is 19.1 Å². The fraction of sp³-hybridized carbons (Fsp3) is 0.333. The van der Waals surface area contributed by atoms with Crippen LogP contribution in [0.1, 0.15) is 22.3 Å². The fourth-order valence-electron chi connectivity index (χ4n) is 1.37. The molecule has 1 aromatic rings. The zero-order valence-electron chi connectivity index (χ0n) is 9.81. The number of benzene rings is 1. The molecule has 1 rings (SSSR count). The molecule has 0 amide bonds. The van der Waals surface area contributed by atoms with Crippen LogP contribution in [0.2, 0.25) is 0 Å². The molecule has 0 heterocycles. The Bertz CT molecular complexity index is 602. The topological polar surface area (TPSA) is 75.0 Å². The van der Waals surface area contributed by atoms with Gasteiger partial charge in [0.2, 0.25) is 0 Å². The molecule has 1 aromatic carbocycles. The Kier molecular flexibility index (Phi) is 4.56. The predicted octanol–water partition coefficient (Wildman–Crippen LogP) is 1.65. The first-order valence-electron chi connectivity index (χ1n) is 5.22. The molecule has 0 aliphatic carbocycles. The van der Waals surface area contributed by atoms with Gasteiger partial charge in [-0.3, -0.25) is 4.79 Å². The molecule has 0 spiro atoms. The number of ketones is 1. The summed E-state index contributed by atoms with van der Waals surface area (Å²) in [5.41, 5.74) is 0.449. The van der Waals surface area contributed by atoms with Crippen LogP contribution in [-0.2, 0) is 9.84 Å². The number of sulfone groups is 1. The molecule has 96 valence electrons. The Morgan fingerprint density at radius 2 is 2.11 bits per heavy atom. The molecular weight excluding hydrogens is 257 g/mol. The fourth-order valence-corrected chi connectivity index (χ4v) is 2.49. The summed E-state index contributed by atoms with van der Waals surface area (Å²) in [6.07, 6.45) is -0.141. The highest BCUT2D eigenvalue weighted by atomic mass is 32.2. The van der Waals surface area contributed by atoms with E-state index in [-0.39, 0.29) is 23.3 Å². The van der Waals surface area contributed by atoms with Gasteiger partial charge in [-0.2, -0.15) is 5.26 Å². The van der Waals surface area contributed by atoms with E-state index in [2.05, 4.69) is 0 Å². The highest BCUT2D eigenvalue weighted by Gasteiger charge is 2.18. The summed E-state index contributed by atoms with van der Waals surface area (Å²) in [4.78, 5) is 11.7. The maximum absolute atomic E-state index is 13.0. The molecule has 0 atom stereocenters. The first-order chi connectivity index (χ1) is 8.35. The van der Waals surface area contributed by atoms with Crippen molar-refractivity contribution in [3.05, 3.63) is 35.1 Å². The van der Waals surface area contributed by atoms with Crippen LogP contribution in [0, 0.1) is 24.1 Å². The number of hydrogen-bond donors (Lipinski definition) is 0. The molecule has 0 radical (unpaired) electrons. The van der Waals surface area contributed by atoms with Crippen LogP contribution in [-0.4, -0.2) is 25.7 Å². The van der Waals surface area contributed by atoms with E-state index in [1.807, 2.05) is 0 Å². The Balaban J connectivity index is 2.83. The average molecular weight is 269 g/mol. The molecule has 0 unspecified atom stereocenters. The lowest BCUT2D eigenvalue weighted by Gasteiger charge is -2.03. The predicted molar refractivity (Wildman–Crippen MR) is 64.4 cm³/mol. The minimum absolute atomic E-state index is 0.141. The number of nitrogens with zero attached hydrogens (tertiary/aromatic N) is 1. The zero-order valence-corrected chi connectivity index (χ0v) is 10.6. The van der Waals surface area contributed by atoms with Crippen LogP contribution in [0.15, 0.2) is 18.2 Å². The number of carbonyl (C=O) groups is 1. The number of aryl methyl sites for hydroxylation is 1. The van der Waals surface area contributed by atoms with Crippen molar-refractivity contribution >= 4 is 15.6 Å². The van der Waals surface area contributed by atoms with Gasteiger partial charge in [-0.05, 0) is 30.7 Å². The molecule has 0 saturated heterocycles. The van der Waals surface area contributed by atoms with Crippen LogP contribution in [0.3, 0.4) is 0 Å². The van der Waals surface area contributed by atoms with Gasteiger partial charge in [-0.25, -0.2) is 12.8 Å². The van der Waals surface area contributed by atoms with Crippen molar-refractivity contribution in [1.82, 2.24) is 0 Å². The van der Waals surface area contributed by atoms with E-state index >= 15 is 0 Å². The van der Waals surface area contributed by atoms with Crippen LogP contribution in [0.5, 0.6) is 0 Å². The first-order valence-corrected chi connectivity index (χ1v) is 7.04. The minimum Gasteiger partial charge on any atom is -0.293 e. The second kappa shape index (κ2) is 5.74. The number of carbonyl (C=O) groups excluding carboxylic acids is 1. The molecule has 4 nitrogen and oxygen atoms in total. The quantitative estimate of drug-likeness (QED) is 0.762. The standard InChI is InChI=1S/C12H12FNO3S/c1-9-7-10(3-4-11(9)13)12(15)8-18(16,17)6-2-5-14/h3-4,7H,2,6,8H2,1H3. The Labute approximate surface area is 105 Å². The summed E-state index contributed by atoms with van der Waals surface area (Å²) >= 11 is 0. The monoisotopic (exact) mass is 269 g/mol. The van der Waals surface area contributed by atoms with E-state index in [0.717, 1.165) is 6.07 Å². The van der Waals surface area contributed by atoms with Gasteiger partial charge in [0.15, 0.2) is 15.6 Å². The van der Waals surface area contributed by atoms with Crippen LogP contribution < -0.4 is 0 Å². The number of rotatable bonds is 5. The number of Topliss-reactive ketones (excluding diaryl/α,β-unsaturated/α-hetero) is 1. The SMILES string of the molecule is Cc1cc(C(=O)CS(=O)(=O)CCC#N)ccc1F. The zero-order chi connectivity index (χ0) is 13.8. The van der Waals surface area contributed by atoms with Crippen molar-refractivity contribution < 1.29 is 17.6 Å². The Hall–Kier alpha value is -1.74. The van der Waals surface area contributed by atoms with E-state index in [0.29, 0.717) is 0 Å². The van der Waals surface area contributed by atoms with Crippen molar-refractivity contribution in [3.63, 3.8) is 0 Å². The summed E-state index contributed by atoms with van der Waals surface area (Å²) in [5, 5.41) is 8.31. The first kappa shape index (κ1) is 14.3. The smallest absolute Gasteiger partial charge is 0.177 e. The van der Waals surface area contributed by atoms with Crippen molar-refractivity contribution in [2.45, 2.75) is 13.3 Å². The van der Waals surface area contributed by atoms with E-state index in [1.54, 1.807) is 6.07 Å². The number of hydrogen-bond acceptors (Lipinski definition) is 4. The van der Waals surface area contributed by atoms with E-state index in [9.17, 15) is 17.6 Å². The van der Waals surface area contributed by atoms with Crippen LogP contribution in [0.4, 0.5) is 4.39 Å². The van der Waals surface area contributed by atoms with Crippen molar-refractivity contribution in [2.24, 2.45) is 0 Å². The van der Waals surface area contributed by atoms with Gasteiger partial charge >= 0.3 is 0 Å². The molecule has 0 fully saturated rings. The molecule has 18 heavy (non-hydrogen) atoms. The highest BCUT2D eigenvalue weighted by Crippen LogP contribution is 2.11. The maximum atomic E-state index is 13.0. The van der Waals surface area contributed by atoms with Gasteiger partial charge in [0.05, 0.1) is 11.8 Å². The van der Waals surface area contributed by atoms with Crippen LogP contribution >= 0.6 is 0 Å². The van der Waals surface area contributed by atoms with Gasteiger partial charge in [0, 0.05) is 12.0 Å². The van der Waals surface area contributed by atoms with E-state index < -0.39 is 27.2 Å². The summed E-state index contributed by atoms with van der Waals surface area (Å²) in [5.74, 6) is -2.02. The number of nitriles is 1. The Morgan fingerprint density at radius 1 is 1.44 bits per heavy atom. The maximum Gasteiger partial charge on any atom is 0.177 e. The van der Waals surface area contributed by atoms with Gasteiger partial charge in [-0.15, -0.1) is 0 Å². The van der Waals surface area contributed by atoms with Crippen molar-refractivity contribution in [1.29, 1.82) is 5.26 Å². The van der Waals surface area contributed by atoms with Crippen molar-refractivity contribution in [3.8, 4) is 6.07 Å². The minimum atomic E-state index is -3.58. The normalized spacial score (nSPS) is 10.9. The largest absolute Gasteiger partial charge is 0.293 e. The number of halogens is 1.